The van der Waals surface area contributed by atoms with Crippen molar-refractivity contribution in [2.45, 2.75) is 13.3 Å². The van der Waals surface area contributed by atoms with E-state index < -0.39 is 5.97 Å². The Morgan fingerprint density at radius 2 is 2.24 bits per heavy atom. The summed E-state index contributed by atoms with van der Waals surface area (Å²) >= 11 is 1.26. The fraction of sp³-hybridized carbons (Fsp3) is 0.267. The highest BCUT2D eigenvalue weighted by molar-refractivity contribution is 8.13. The van der Waals surface area contributed by atoms with Gasteiger partial charge >= 0.3 is 5.97 Å². The van der Waals surface area contributed by atoms with E-state index in [0.717, 1.165) is 5.39 Å². The number of aromatic nitrogens is 2. The molecule has 1 aromatic carbocycles. The molecule has 1 aromatic heterocycles. The Bertz CT molecular complexity index is 740. The molecule has 0 aliphatic heterocycles. The summed E-state index contributed by atoms with van der Waals surface area (Å²) in [6, 6.07) is 5.13. The zero-order chi connectivity index (χ0) is 15.2. The summed E-state index contributed by atoms with van der Waals surface area (Å²) in [5.41, 5.74) is 1.82. The number of fused-ring (bicyclic) bond motifs is 1. The number of methoxy groups -OCH3 is 1. The highest BCUT2D eigenvalue weighted by atomic mass is 32.2. The summed E-state index contributed by atoms with van der Waals surface area (Å²) in [5.74, 6) is 6.28. The first kappa shape index (κ1) is 15.1. The average Bonchev–Trinajstić information content (AvgIpc) is 2.88. The van der Waals surface area contributed by atoms with E-state index in [4.69, 9.17) is 0 Å². The molecule has 21 heavy (non-hydrogen) atoms. The quantitative estimate of drug-likeness (QED) is 0.535. The van der Waals surface area contributed by atoms with Gasteiger partial charge in [0.25, 0.3) is 0 Å². The van der Waals surface area contributed by atoms with Crippen LogP contribution in [0.2, 0.25) is 0 Å². The lowest BCUT2D eigenvalue weighted by atomic mass is 10.1. The van der Waals surface area contributed by atoms with Crippen molar-refractivity contribution in [3.05, 3.63) is 29.5 Å². The first-order chi connectivity index (χ1) is 10.1. The van der Waals surface area contributed by atoms with E-state index in [-0.39, 0.29) is 5.12 Å². The molecule has 6 heteroatoms. The van der Waals surface area contributed by atoms with Gasteiger partial charge in [0.05, 0.1) is 18.2 Å². The van der Waals surface area contributed by atoms with E-state index in [1.165, 1.54) is 18.9 Å². The first-order valence-electron chi connectivity index (χ1n) is 6.30. The SMILES string of the molecule is COC(=O)c1ccc2c(C#CCCSC(C)=O)[nH]nc2c1. The molecule has 1 N–H and O–H groups in total. The summed E-state index contributed by atoms with van der Waals surface area (Å²) in [7, 11) is 1.34. The van der Waals surface area contributed by atoms with Gasteiger partial charge in [-0.05, 0) is 24.1 Å². The van der Waals surface area contributed by atoms with Crippen LogP contribution in [0.5, 0.6) is 0 Å². The minimum Gasteiger partial charge on any atom is -0.465 e. The summed E-state index contributed by atoms with van der Waals surface area (Å²) in [6.07, 6.45) is 0.630. The molecule has 2 aromatic rings. The third kappa shape index (κ3) is 3.86. The molecule has 0 bridgehead atoms. The molecule has 2 rings (SSSR count). The minimum atomic E-state index is -0.395. The minimum absolute atomic E-state index is 0.0964. The number of benzene rings is 1. The maximum Gasteiger partial charge on any atom is 0.337 e. The summed E-state index contributed by atoms with van der Waals surface area (Å²) in [6.45, 7) is 1.54. The monoisotopic (exact) mass is 302 g/mol. The average molecular weight is 302 g/mol. The van der Waals surface area contributed by atoms with Gasteiger partial charge in [-0.1, -0.05) is 17.7 Å². The number of esters is 1. The normalized spacial score (nSPS) is 10.0. The second-order valence-electron chi connectivity index (χ2n) is 4.21. The number of H-pyrrole nitrogens is 1. The van der Waals surface area contributed by atoms with E-state index in [0.29, 0.717) is 28.9 Å². The fourth-order valence-corrected chi connectivity index (χ4v) is 2.24. The van der Waals surface area contributed by atoms with Crippen LogP contribution in [0.15, 0.2) is 18.2 Å². The maximum absolute atomic E-state index is 11.4. The number of nitrogens with zero attached hydrogens (tertiary/aromatic N) is 1. The molecule has 0 aliphatic rings. The lowest BCUT2D eigenvalue weighted by Crippen LogP contribution is -2.00. The van der Waals surface area contributed by atoms with Gasteiger partial charge in [0.2, 0.25) is 0 Å². The highest BCUT2D eigenvalue weighted by Crippen LogP contribution is 2.17. The molecule has 0 atom stereocenters. The van der Waals surface area contributed by atoms with Crippen molar-refractivity contribution in [1.29, 1.82) is 0 Å². The summed E-state index contributed by atoms with van der Waals surface area (Å²) in [4.78, 5) is 22.2. The number of nitrogens with one attached hydrogen (secondary N) is 1. The number of thioether (sulfide) groups is 1. The third-order valence-electron chi connectivity index (χ3n) is 2.72. The molecule has 108 valence electrons. The Balaban J connectivity index is 2.14. The molecule has 0 aliphatic carbocycles. The van der Waals surface area contributed by atoms with Crippen LogP contribution in [0.25, 0.3) is 10.9 Å². The summed E-state index contributed by atoms with van der Waals surface area (Å²) < 4.78 is 4.67. The third-order valence-corrected chi connectivity index (χ3v) is 3.54. The van der Waals surface area contributed by atoms with Crippen molar-refractivity contribution >= 4 is 33.7 Å². The number of hydrogen-bond acceptors (Lipinski definition) is 5. The largest absolute Gasteiger partial charge is 0.465 e. The van der Waals surface area contributed by atoms with Gasteiger partial charge in [0, 0.05) is 24.5 Å². The van der Waals surface area contributed by atoms with Gasteiger partial charge in [0.1, 0.15) is 5.69 Å². The molecule has 0 spiro atoms. The van der Waals surface area contributed by atoms with Crippen molar-refractivity contribution in [1.82, 2.24) is 10.2 Å². The topological polar surface area (TPSA) is 72.1 Å². The van der Waals surface area contributed by atoms with Gasteiger partial charge in [-0.25, -0.2) is 4.79 Å². The lowest BCUT2D eigenvalue weighted by molar-refractivity contribution is -0.109. The standard InChI is InChI=1S/C15H14N2O3S/c1-10(18)21-8-4-3-5-13-12-7-6-11(15(19)20-2)9-14(12)17-16-13/h6-7,9H,4,8H2,1-2H3,(H,16,17). The second kappa shape index (κ2) is 6.95. The number of rotatable bonds is 3. The van der Waals surface area contributed by atoms with E-state index >= 15 is 0 Å². The Morgan fingerprint density at radius 3 is 2.95 bits per heavy atom. The molecule has 5 nitrogen and oxygen atoms in total. The number of hydrogen-bond donors (Lipinski definition) is 1. The van der Waals surface area contributed by atoms with Crippen LogP contribution >= 0.6 is 11.8 Å². The Labute approximate surface area is 126 Å². The smallest absolute Gasteiger partial charge is 0.337 e. The number of carbonyl (C=O) groups excluding carboxylic acids is 2. The van der Waals surface area contributed by atoms with Crippen molar-refractivity contribution in [2.75, 3.05) is 12.9 Å². The molecule has 0 unspecified atom stereocenters. The van der Waals surface area contributed by atoms with Gasteiger partial charge in [-0.2, -0.15) is 5.10 Å². The van der Waals surface area contributed by atoms with E-state index in [9.17, 15) is 9.59 Å². The number of aromatic amines is 1. The van der Waals surface area contributed by atoms with Crippen LogP contribution in [0.3, 0.4) is 0 Å². The van der Waals surface area contributed by atoms with Crippen molar-refractivity contribution in [2.24, 2.45) is 0 Å². The van der Waals surface area contributed by atoms with Crippen LogP contribution in [-0.4, -0.2) is 34.1 Å². The van der Waals surface area contributed by atoms with Gasteiger partial charge in [-0.15, -0.1) is 0 Å². The Morgan fingerprint density at radius 1 is 1.43 bits per heavy atom. The van der Waals surface area contributed by atoms with E-state index in [1.54, 1.807) is 25.1 Å². The van der Waals surface area contributed by atoms with Crippen molar-refractivity contribution in [3.8, 4) is 11.8 Å². The van der Waals surface area contributed by atoms with Crippen molar-refractivity contribution < 1.29 is 14.3 Å². The lowest BCUT2D eigenvalue weighted by Gasteiger charge is -1.97. The molecular weight excluding hydrogens is 288 g/mol. The van der Waals surface area contributed by atoms with Crippen LogP contribution in [0, 0.1) is 11.8 Å². The molecule has 0 saturated carbocycles. The van der Waals surface area contributed by atoms with Crippen molar-refractivity contribution in [3.63, 3.8) is 0 Å². The van der Waals surface area contributed by atoms with Crippen LogP contribution in [0.1, 0.15) is 29.4 Å². The number of carbonyl (C=O) groups is 2. The summed E-state index contributed by atoms with van der Waals surface area (Å²) in [5, 5.41) is 7.93. The molecule has 0 fully saturated rings. The molecule has 0 radical (unpaired) electrons. The number of ether oxygens (including phenoxy) is 1. The second-order valence-corrected chi connectivity index (χ2v) is 5.49. The van der Waals surface area contributed by atoms with Crippen LogP contribution in [-0.2, 0) is 9.53 Å². The van der Waals surface area contributed by atoms with E-state index in [2.05, 4.69) is 26.8 Å². The fourth-order valence-electron chi connectivity index (χ4n) is 1.75. The highest BCUT2D eigenvalue weighted by Gasteiger charge is 2.09. The molecular formula is C15H14N2O3S. The molecule has 0 amide bonds. The zero-order valence-corrected chi connectivity index (χ0v) is 12.5. The van der Waals surface area contributed by atoms with Gasteiger partial charge in [0.15, 0.2) is 5.12 Å². The zero-order valence-electron chi connectivity index (χ0n) is 11.7. The van der Waals surface area contributed by atoms with Crippen LogP contribution < -0.4 is 0 Å². The van der Waals surface area contributed by atoms with E-state index in [1.807, 2.05) is 0 Å². The Kier molecular flexibility index (Phi) is 5.01. The first-order valence-corrected chi connectivity index (χ1v) is 7.29. The predicted octanol–water partition coefficient (Wildman–Crippen LogP) is 2.37. The Hall–Kier alpha value is -2.26. The maximum atomic E-state index is 11.4. The molecule has 0 saturated heterocycles. The van der Waals surface area contributed by atoms with Gasteiger partial charge < -0.3 is 4.74 Å². The van der Waals surface area contributed by atoms with Crippen LogP contribution in [0.4, 0.5) is 0 Å². The predicted molar refractivity (Wildman–Crippen MR) is 82.1 cm³/mol. The van der Waals surface area contributed by atoms with Gasteiger partial charge in [-0.3, -0.25) is 9.89 Å². The molecule has 1 heterocycles.